The summed E-state index contributed by atoms with van der Waals surface area (Å²) in [5.74, 6) is 0. The third-order valence-corrected chi connectivity index (χ3v) is 6.96. The second-order valence-corrected chi connectivity index (χ2v) is 8.99. The van der Waals surface area contributed by atoms with Crippen molar-refractivity contribution in [1.29, 1.82) is 0 Å². The number of anilines is 1. The molecule has 0 unspecified atom stereocenters. The molecule has 4 rings (SSSR count). The zero-order chi connectivity index (χ0) is 16.0. The maximum atomic E-state index is 12.4. The van der Waals surface area contributed by atoms with Crippen LogP contribution in [0.5, 0.6) is 0 Å². The predicted molar refractivity (Wildman–Crippen MR) is 94.8 cm³/mol. The molecule has 0 spiro atoms. The van der Waals surface area contributed by atoms with Gasteiger partial charge in [-0.25, -0.2) is 8.42 Å². The average molecular weight is 362 g/mol. The second kappa shape index (κ2) is 5.37. The van der Waals surface area contributed by atoms with Gasteiger partial charge in [0, 0.05) is 5.69 Å². The van der Waals surface area contributed by atoms with Gasteiger partial charge in [-0.05, 0) is 52.9 Å². The molecule has 116 valence electrons. The van der Waals surface area contributed by atoms with E-state index in [1.807, 2.05) is 24.3 Å². The number of hydrogen-bond acceptors (Lipinski definition) is 3. The van der Waals surface area contributed by atoms with E-state index >= 15 is 0 Å². The van der Waals surface area contributed by atoms with Crippen LogP contribution < -0.4 is 4.72 Å². The predicted octanol–water partition coefficient (Wildman–Crippen LogP) is 4.77. The Labute approximate surface area is 143 Å². The van der Waals surface area contributed by atoms with Gasteiger partial charge in [-0.1, -0.05) is 41.9 Å². The highest BCUT2D eigenvalue weighted by Gasteiger charge is 2.20. The van der Waals surface area contributed by atoms with Gasteiger partial charge in [0.25, 0.3) is 10.0 Å². The summed E-state index contributed by atoms with van der Waals surface area (Å²) in [5, 5.41) is 0. The zero-order valence-electron chi connectivity index (χ0n) is 11.9. The lowest BCUT2D eigenvalue weighted by Gasteiger charge is -2.08. The Balaban J connectivity index is 1.67. The minimum absolute atomic E-state index is 0.214. The van der Waals surface area contributed by atoms with Gasteiger partial charge in [0.15, 0.2) is 0 Å². The Morgan fingerprint density at radius 3 is 2.52 bits per heavy atom. The molecule has 2 aromatic carbocycles. The van der Waals surface area contributed by atoms with Crippen LogP contribution in [0.1, 0.15) is 11.1 Å². The highest BCUT2D eigenvalue weighted by Crippen LogP contribution is 2.38. The first-order valence-electron chi connectivity index (χ1n) is 7.02. The number of nitrogens with one attached hydrogen (secondary N) is 1. The van der Waals surface area contributed by atoms with E-state index in [2.05, 4.69) is 16.9 Å². The lowest BCUT2D eigenvalue weighted by molar-refractivity contribution is 0.603. The van der Waals surface area contributed by atoms with Gasteiger partial charge >= 0.3 is 0 Å². The van der Waals surface area contributed by atoms with Crippen LogP contribution in [0.15, 0.2) is 58.8 Å². The van der Waals surface area contributed by atoms with Crippen molar-refractivity contribution < 1.29 is 8.42 Å². The summed E-state index contributed by atoms with van der Waals surface area (Å²) >= 11 is 6.87. The molecule has 0 amide bonds. The Bertz CT molecular complexity index is 1010. The summed E-state index contributed by atoms with van der Waals surface area (Å²) in [6, 6.07) is 17.0. The maximum Gasteiger partial charge on any atom is 0.271 e. The van der Waals surface area contributed by atoms with Crippen LogP contribution in [0, 0.1) is 0 Å². The van der Waals surface area contributed by atoms with Crippen molar-refractivity contribution in [3.05, 3.63) is 70.1 Å². The van der Waals surface area contributed by atoms with Crippen molar-refractivity contribution in [2.45, 2.75) is 10.6 Å². The van der Waals surface area contributed by atoms with Crippen molar-refractivity contribution in [3.8, 4) is 11.1 Å². The van der Waals surface area contributed by atoms with Crippen molar-refractivity contribution in [2.24, 2.45) is 0 Å². The van der Waals surface area contributed by atoms with Gasteiger partial charge in [-0.3, -0.25) is 4.72 Å². The molecule has 0 aliphatic heterocycles. The summed E-state index contributed by atoms with van der Waals surface area (Å²) in [4.78, 5) is 0. The monoisotopic (exact) mass is 361 g/mol. The first-order valence-corrected chi connectivity index (χ1v) is 9.70. The SMILES string of the molecule is O=S(=O)(Nc1ccc2c(c1)Cc1ccccc1-2)c1ccc(Cl)s1. The fraction of sp³-hybridized carbons (Fsp3) is 0.0588. The lowest BCUT2D eigenvalue weighted by atomic mass is 10.1. The van der Waals surface area contributed by atoms with Crippen LogP contribution in [0.4, 0.5) is 5.69 Å². The Kier molecular flexibility index (Phi) is 3.44. The van der Waals surface area contributed by atoms with E-state index in [4.69, 9.17) is 11.6 Å². The standard InChI is InChI=1S/C17H12ClNO2S2/c18-16-7-8-17(22-16)23(20,21)19-13-5-6-15-12(10-13)9-11-3-1-2-4-14(11)15/h1-8,10,19H,9H2. The van der Waals surface area contributed by atoms with Gasteiger partial charge in [-0.15, -0.1) is 11.3 Å². The summed E-state index contributed by atoms with van der Waals surface area (Å²) in [7, 11) is -3.59. The lowest BCUT2D eigenvalue weighted by Crippen LogP contribution is -2.11. The molecule has 0 fully saturated rings. The molecule has 1 aliphatic carbocycles. The van der Waals surface area contributed by atoms with E-state index in [0.29, 0.717) is 10.0 Å². The minimum atomic E-state index is -3.59. The molecule has 0 radical (unpaired) electrons. The van der Waals surface area contributed by atoms with E-state index in [-0.39, 0.29) is 4.21 Å². The summed E-state index contributed by atoms with van der Waals surface area (Å²) < 4.78 is 28.0. The molecule has 1 N–H and O–H groups in total. The molecule has 3 nitrogen and oxygen atoms in total. The summed E-state index contributed by atoms with van der Waals surface area (Å²) in [5.41, 5.74) is 5.37. The largest absolute Gasteiger partial charge is 0.279 e. The van der Waals surface area contributed by atoms with Crippen molar-refractivity contribution >= 4 is 38.6 Å². The number of rotatable bonds is 3. The quantitative estimate of drug-likeness (QED) is 0.571. The van der Waals surface area contributed by atoms with Crippen LogP contribution in [-0.4, -0.2) is 8.42 Å². The van der Waals surface area contributed by atoms with Gasteiger partial charge in [0.1, 0.15) is 4.21 Å². The van der Waals surface area contributed by atoms with Crippen molar-refractivity contribution in [3.63, 3.8) is 0 Å². The van der Waals surface area contributed by atoms with E-state index in [1.54, 1.807) is 12.1 Å². The van der Waals surface area contributed by atoms with E-state index in [1.165, 1.54) is 22.8 Å². The van der Waals surface area contributed by atoms with Gasteiger partial charge in [0.05, 0.1) is 4.34 Å². The molecule has 23 heavy (non-hydrogen) atoms. The van der Waals surface area contributed by atoms with Crippen LogP contribution in [0.3, 0.4) is 0 Å². The minimum Gasteiger partial charge on any atom is -0.279 e. The number of hydrogen-bond donors (Lipinski definition) is 1. The third-order valence-electron chi connectivity index (χ3n) is 3.86. The molecule has 0 saturated carbocycles. The topological polar surface area (TPSA) is 46.2 Å². The Hall–Kier alpha value is -1.82. The summed E-state index contributed by atoms with van der Waals surface area (Å²) in [6.07, 6.45) is 0.825. The molecule has 3 aromatic rings. The molecule has 0 bridgehead atoms. The van der Waals surface area contributed by atoms with Gasteiger partial charge in [-0.2, -0.15) is 0 Å². The summed E-state index contributed by atoms with van der Waals surface area (Å²) in [6.45, 7) is 0. The fourth-order valence-electron chi connectivity index (χ4n) is 2.86. The van der Waals surface area contributed by atoms with Gasteiger partial charge in [0.2, 0.25) is 0 Å². The molecule has 0 saturated heterocycles. The number of sulfonamides is 1. The molecule has 1 aromatic heterocycles. The van der Waals surface area contributed by atoms with Crippen LogP contribution >= 0.6 is 22.9 Å². The number of halogens is 1. The average Bonchev–Trinajstić information content (AvgIpc) is 3.10. The molecule has 0 atom stereocenters. The Morgan fingerprint density at radius 1 is 0.957 bits per heavy atom. The van der Waals surface area contributed by atoms with Crippen LogP contribution in [0.25, 0.3) is 11.1 Å². The number of fused-ring (bicyclic) bond motifs is 3. The molecule has 1 heterocycles. The van der Waals surface area contributed by atoms with E-state index in [9.17, 15) is 8.42 Å². The number of benzene rings is 2. The van der Waals surface area contributed by atoms with Crippen molar-refractivity contribution in [1.82, 2.24) is 0 Å². The van der Waals surface area contributed by atoms with E-state index < -0.39 is 10.0 Å². The zero-order valence-corrected chi connectivity index (χ0v) is 14.3. The maximum absolute atomic E-state index is 12.4. The highest BCUT2D eigenvalue weighted by atomic mass is 35.5. The van der Waals surface area contributed by atoms with Crippen LogP contribution in [0.2, 0.25) is 4.34 Å². The fourth-order valence-corrected chi connectivity index (χ4v) is 5.39. The highest BCUT2D eigenvalue weighted by molar-refractivity contribution is 7.94. The number of thiophene rings is 1. The van der Waals surface area contributed by atoms with Gasteiger partial charge < -0.3 is 0 Å². The molecule has 1 aliphatic rings. The van der Waals surface area contributed by atoms with Crippen molar-refractivity contribution in [2.75, 3.05) is 4.72 Å². The molecular formula is C17H12ClNO2S2. The smallest absolute Gasteiger partial charge is 0.271 e. The molecule has 6 heteroatoms. The first kappa shape index (κ1) is 14.8. The van der Waals surface area contributed by atoms with Crippen LogP contribution in [-0.2, 0) is 16.4 Å². The van der Waals surface area contributed by atoms with E-state index in [0.717, 1.165) is 23.3 Å². The second-order valence-electron chi connectivity index (χ2n) is 5.37. The molecular weight excluding hydrogens is 350 g/mol. The first-order chi connectivity index (χ1) is 11.0. The Morgan fingerprint density at radius 2 is 1.74 bits per heavy atom. The normalized spacial score (nSPS) is 12.7. The third kappa shape index (κ3) is 2.65.